The Morgan fingerprint density at radius 3 is 2.42 bits per heavy atom. The first-order chi connectivity index (χ1) is 23.9. The third kappa shape index (κ3) is 8.44. The zero-order chi connectivity index (χ0) is 36.0. The molecule has 3 aromatic rings. The van der Waals surface area contributed by atoms with Crippen LogP contribution < -0.4 is 15.5 Å². The Morgan fingerprint density at radius 1 is 0.980 bits per heavy atom. The van der Waals surface area contributed by atoms with Crippen molar-refractivity contribution in [3.8, 4) is 16.9 Å². The molecule has 3 heterocycles. The molecule has 2 aliphatic heterocycles. The predicted octanol–water partition coefficient (Wildman–Crippen LogP) is 4.62. The lowest BCUT2D eigenvalue weighted by atomic mass is 9.98. The Kier molecular flexibility index (Phi) is 11.1. The lowest BCUT2D eigenvalue weighted by Crippen LogP contribution is -2.50. The number of hydrogen-bond donors (Lipinski definition) is 2. The van der Waals surface area contributed by atoms with E-state index in [0.29, 0.717) is 63.5 Å². The number of methoxy groups -OCH3 is 1. The van der Waals surface area contributed by atoms with Crippen molar-refractivity contribution in [3.05, 3.63) is 53.7 Å². The fourth-order valence-electron chi connectivity index (χ4n) is 6.21. The number of nitrogens with one attached hydrogen (secondary N) is 1. The van der Waals surface area contributed by atoms with Crippen LogP contribution >= 0.6 is 0 Å². The number of benzene rings is 2. The molecule has 1 aromatic heterocycles. The summed E-state index contributed by atoms with van der Waals surface area (Å²) < 4.78 is 11.5. The Morgan fingerprint density at radius 2 is 1.74 bits per heavy atom. The molecule has 50 heavy (non-hydrogen) atoms. The summed E-state index contributed by atoms with van der Waals surface area (Å²) >= 11 is 0. The monoisotopic (exact) mass is 684 g/mol. The van der Waals surface area contributed by atoms with Crippen LogP contribution in [0.25, 0.3) is 27.6 Å². The molecule has 0 unspecified atom stereocenters. The summed E-state index contributed by atoms with van der Waals surface area (Å²) in [4.78, 5) is 54.0. The van der Waals surface area contributed by atoms with Crippen LogP contribution in [-0.2, 0) is 9.53 Å². The number of H-pyrrole nitrogens is 1. The second-order valence-electron chi connectivity index (χ2n) is 13.6. The fourth-order valence-corrected chi connectivity index (χ4v) is 6.21. The van der Waals surface area contributed by atoms with Crippen molar-refractivity contribution in [1.29, 1.82) is 0 Å². The van der Waals surface area contributed by atoms with Gasteiger partial charge in [0.2, 0.25) is 5.91 Å². The molecule has 0 radical (unpaired) electrons. The average molecular weight is 685 g/mol. The number of rotatable bonds is 9. The number of ether oxygens (including phenoxy) is 2. The molecule has 1 fully saturated rings. The van der Waals surface area contributed by atoms with Crippen LogP contribution in [0, 0.1) is 0 Å². The summed E-state index contributed by atoms with van der Waals surface area (Å²) in [5, 5.41) is 4.26. The molecule has 0 bridgehead atoms. The molecular formula is C37H48N8O5. The van der Waals surface area contributed by atoms with Gasteiger partial charge in [0.05, 0.1) is 18.8 Å². The third-order valence-corrected chi connectivity index (χ3v) is 8.72. The Balaban J connectivity index is 1.42. The number of hydrogen-bond acceptors (Lipinski definition) is 9. The minimum absolute atomic E-state index is 0.0317. The molecule has 0 aliphatic carbocycles. The highest BCUT2D eigenvalue weighted by molar-refractivity contribution is 6.15. The van der Waals surface area contributed by atoms with Gasteiger partial charge in [-0.15, -0.1) is 0 Å². The highest BCUT2D eigenvalue weighted by atomic mass is 16.6. The minimum Gasteiger partial charge on any atom is -0.496 e. The number of hydrazone groups is 1. The van der Waals surface area contributed by atoms with Gasteiger partial charge in [-0.3, -0.25) is 14.6 Å². The van der Waals surface area contributed by atoms with Crippen molar-refractivity contribution in [3.63, 3.8) is 0 Å². The first-order valence-electron chi connectivity index (χ1n) is 16.9. The lowest BCUT2D eigenvalue weighted by molar-refractivity contribution is -0.130. The van der Waals surface area contributed by atoms with Crippen LogP contribution in [0.2, 0.25) is 0 Å². The van der Waals surface area contributed by atoms with Crippen molar-refractivity contribution in [2.24, 2.45) is 15.9 Å². The quantitative estimate of drug-likeness (QED) is 0.190. The SMILES string of the molecule is COc1cc(N2CCN(C(=O)OC(C)(C)C)CC2)ccc1-c1cc(C(=O)N(C)C)cc2cc(C3=CCCN(C(=O)CCN=C/C=N\N)C3)[nH]c12. The van der Waals surface area contributed by atoms with Crippen LogP contribution in [0.5, 0.6) is 5.75 Å². The molecule has 13 nitrogen and oxygen atoms in total. The summed E-state index contributed by atoms with van der Waals surface area (Å²) in [6.45, 7) is 9.50. The lowest BCUT2D eigenvalue weighted by Gasteiger charge is -2.37. The van der Waals surface area contributed by atoms with Crippen LogP contribution in [0.3, 0.4) is 0 Å². The second kappa shape index (κ2) is 15.5. The number of carbonyl (C=O) groups is 3. The Labute approximate surface area is 293 Å². The van der Waals surface area contributed by atoms with E-state index in [2.05, 4.69) is 32.1 Å². The van der Waals surface area contributed by atoms with Crippen molar-refractivity contribution < 1.29 is 23.9 Å². The minimum atomic E-state index is -0.541. The van der Waals surface area contributed by atoms with E-state index in [1.54, 1.807) is 31.0 Å². The summed E-state index contributed by atoms with van der Waals surface area (Å²) in [7, 11) is 5.12. The van der Waals surface area contributed by atoms with Gasteiger partial charge in [-0.25, -0.2) is 4.79 Å². The first-order valence-corrected chi connectivity index (χ1v) is 16.9. The van der Waals surface area contributed by atoms with Crippen molar-refractivity contribution in [1.82, 2.24) is 19.7 Å². The fraction of sp³-hybridized carbons (Fsp3) is 0.432. The van der Waals surface area contributed by atoms with Crippen LogP contribution in [-0.4, -0.2) is 123 Å². The molecule has 1 saturated heterocycles. The summed E-state index contributed by atoms with van der Waals surface area (Å²) in [6, 6.07) is 11.9. The smallest absolute Gasteiger partial charge is 0.410 e. The number of fused-ring (bicyclic) bond motifs is 1. The van der Waals surface area contributed by atoms with Gasteiger partial charge < -0.3 is 39.9 Å². The Bertz CT molecular complexity index is 1810. The largest absolute Gasteiger partial charge is 0.496 e. The highest BCUT2D eigenvalue weighted by Gasteiger charge is 2.27. The van der Waals surface area contributed by atoms with Gasteiger partial charge in [-0.1, -0.05) is 6.08 Å². The van der Waals surface area contributed by atoms with Gasteiger partial charge in [0.1, 0.15) is 11.4 Å². The number of amides is 3. The molecule has 0 spiro atoms. The second-order valence-corrected chi connectivity index (χ2v) is 13.6. The van der Waals surface area contributed by atoms with E-state index in [4.69, 9.17) is 15.3 Å². The maximum atomic E-state index is 13.3. The molecule has 2 aliphatic rings. The number of nitrogens with two attached hydrogens (primary N) is 1. The molecule has 3 N–H and O–H groups in total. The maximum absolute atomic E-state index is 13.3. The van der Waals surface area contributed by atoms with Gasteiger partial charge >= 0.3 is 6.09 Å². The van der Waals surface area contributed by atoms with Crippen molar-refractivity contribution in [2.75, 3.05) is 71.9 Å². The van der Waals surface area contributed by atoms with E-state index in [1.165, 1.54) is 12.4 Å². The zero-order valence-electron chi connectivity index (χ0n) is 29.9. The highest BCUT2D eigenvalue weighted by Crippen LogP contribution is 2.39. The van der Waals surface area contributed by atoms with E-state index in [-0.39, 0.29) is 17.9 Å². The van der Waals surface area contributed by atoms with E-state index in [1.807, 2.05) is 56.0 Å². The Hall–Kier alpha value is -5.33. The van der Waals surface area contributed by atoms with Crippen LogP contribution in [0.1, 0.15) is 49.7 Å². The molecular weight excluding hydrogens is 636 g/mol. The van der Waals surface area contributed by atoms with E-state index >= 15 is 0 Å². The van der Waals surface area contributed by atoms with Gasteiger partial charge in [0, 0.05) is 112 Å². The normalized spacial score (nSPS) is 15.6. The number of piperazine rings is 1. The molecule has 13 heteroatoms. The number of anilines is 1. The molecule has 0 atom stereocenters. The van der Waals surface area contributed by atoms with E-state index < -0.39 is 5.60 Å². The van der Waals surface area contributed by atoms with E-state index in [9.17, 15) is 14.4 Å². The molecule has 2 aromatic carbocycles. The number of carbonyl (C=O) groups excluding carboxylic acids is 3. The average Bonchev–Trinajstić information content (AvgIpc) is 3.54. The standard InChI is InChI=1S/C37H48N8O5/c1-37(2,3)50-36(48)44-18-16-43(17-19-44)28-9-10-29(32(23-28)49-6)30-21-27(35(47)42(4)5)20-26-22-31(41-34(26)30)25-8-7-15-45(24-25)33(46)11-12-39-13-14-40-38/h8-10,13-14,20-23,41H,7,11-12,15-19,24,38H2,1-6H3/b39-13?,40-14-. The molecule has 3 amide bonds. The zero-order valence-corrected chi connectivity index (χ0v) is 29.9. The molecule has 0 saturated carbocycles. The van der Waals surface area contributed by atoms with Crippen LogP contribution in [0.15, 0.2) is 52.6 Å². The number of aromatic amines is 1. The summed E-state index contributed by atoms with van der Waals surface area (Å²) in [5.74, 6) is 5.68. The van der Waals surface area contributed by atoms with Gasteiger partial charge in [-0.2, -0.15) is 5.10 Å². The molecule has 5 rings (SSSR count). The van der Waals surface area contributed by atoms with Gasteiger partial charge in [0.25, 0.3) is 5.91 Å². The van der Waals surface area contributed by atoms with Crippen LogP contribution in [0.4, 0.5) is 10.5 Å². The summed E-state index contributed by atoms with van der Waals surface area (Å²) in [5.41, 5.74) is 5.44. The van der Waals surface area contributed by atoms with Crippen molar-refractivity contribution in [2.45, 2.75) is 39.2 Å². The van der Waals surface area contributed by atoms with Crippen molar-refractivity contribution >= 4 is 52.5 Å². The number of aliphatic imine (C=N–C) groups is 1. The maximum Gasteiger partial charge on any atom is 0.410 e. The molecule has 266 valence electrons. The van der Waals surface area contributed by atoms with Gasteiger partial charge in [-0.05, 0) is 63.1 Å². The van der Waals surface area contributed by atoms with Gasteiger partial charge in [0.15, 0.2) is 0 Å². The third-order valence-electron chi connectivity index (χ3n) is 8.72. The first kappa shape index (κ1) is 36.0. The predicted molar refractivity (Wildman–Crippen MR) is 198 cm³/mol. The number of nitrogens with zero attached hydrogens (tertiary/aromatic N) is 6. The summed E-state index contributed by atoms with van der Waals surface area (Å²) in [6.07, 6.45) is 5.77. The van der Waals surface area contributed by atoms with E-state index in [0.717, 1.165) is 45.4 Å². The topological polar surface area (TPSA) is 149 Å². The number of aromatic nitrogens is 1.